The highest BCUT2D eigenvalue weighted by molar-refractivity contribution is 7.82. The smallest absolute Gasteiger partial charge is 0.276 e. The van der Waals surface area contributed by atoms with Crippen LogP contribution in [0, 0.1) is 0 Å². The number of benzene rings is 2. The van der Waals surface area contributed by atoms with E-state index < -0.39 is 11.0 Å². The van der Waals surface area contributed by atoms with E-state index in [4.69, 9.17) is 0 Å². The first kappa shape index (κ1) is 21.9. The van der Waals surface area contributed by atoms with Crippen molar-refractivity contribution in [2.45, 2.75) is 4.90 Å². The maximum absolute atomic E-state index is 13.2. The number of amides is 1. The zero-order chi connectivity index (χ0) is 23.9. The second kappa shape index (κ2) is 8.88. The highest BCUT2D eigenvalue weighted by Gasteiger charge is 2.26. The summed E-state index contributed by atoms with van der Waals surface area (Å²) in [5, 5.41) is 4.58. The number of hydrogen-bond donors (Lipinski definition) is 2. The number of carbonyl (C=O) groups is 1. The lowest BCUT2D eigenvalue weighted by molar-refractivity contribution is 0.0701. The number of nitrogens with zero attached hydrogens (tertiary/aromatic N) is 3. The van der Waals surface area contributed by atoms with Gasteiger partial charge in [0.15, 0.2) is 5.69 Å². The number of thiophene rings is 1. The maximum atomic E-state index is 13.2. The van der Waals surface area contributed by atoms with Gasteiger partial charge in [-0.1, -0.05) is 18.2 Å². The van der Waals surface area contributed by atoms with Crippen LogP contribution < -0.4 is 5.56 Å². The number of aromatic nitrogens is 3. The van der Waals surface area contributed by atoms with Gasteiger partial charge in [0.05, 0.1) is 21.6 Å². The highest BCUT2D eigenvalue weighted by Crippen LogP contribution is 2.24. The van der Waals surface area contributed by atoms with Crippen LogP contribution >= 0.6 is 11.3 Å². The minimum absolute atomic E-state index is 0.0598. The van der Waals surface area contributed by atoms with Crippen molar-refractivity contribution in [3.63, 3.8) is 0 Å². The first-order chi connectivity index (χ1) is 17.1. The molecule has 5 aromatic rings. The van der Waals surface area contributed by atoms with Crippen molar-refractivity contribution < 1.29 is 9.00 Å². The summed E-state index contributed by atoms with van der Waals surface area (Å²) in [7, 11) is -1.23. The molecule has 1 aliphatic heterocycles. The molecule has 4 heterocycles. The van der Waals surface area contributed by atoms with E-state index in [1.54, 1.807) is 11.0 Å². The second-order valence-corrected chi connectivity index (χ2v) is 10.6. The van der Waals surface area contributed by atoms with E-state index in [1.807, 2.05) is 63.6 Å². The normalized spacial score (nSPS) is 15.6. The van der Waals surface area contributed by atoms with Crippen molar-refractivity contribution in [1.82, 2.24) is 24.2 Å². The van der Waals surface area contributed by atoms with E-state index in [9.17, 15) is 13.8 Å². The van der Waals surface area contributed by atoms with Gasteiger partial charge in [-0.25, -0.2) is 13.5 Å². The van der Waals surface area contributed by atoms with E-state index in [1.165, 1.54) is 11.3 Å². The molecule has 1 fully saturated rings. The molecule has 0 bridgehead atoms. The molecule has 8 nitrogen and oxygen atoms in total. The first-order valence-corrected chi connectivity index (χ1v) is 13.2. The summed E-state index contributed by atoms with van der Waals surface area (Å²) in [6.07, 6.45) is 0. The topological polar surface area (TPSA) is 102 Å². The molecule has 0 saturated carbocycles. The van der Waals surface area contributed by atoms with Gasteiger partial charge in [-0.2, -0.15) is 0 Å². The van der Waals surface area contributed by atoms with Gasteiger partial charge in [0.1, 0.15) is 11.0 Å². The SMILES string of the molecule is O=C(c1ccc2[nH]c(-c3nc4cscc4[nH]c3=O)cc2c1)N1CCN(S(=O)c2ccccc2)CC1. The van der Waals surface area contributed by atoms with Crippen LogP contribution in [0.3, 0.4) is 0 Å². The Hall–Kier alpha value is -3.60. The molecule has 10 heteroatoms. The molecule has 1 saturated heterocycles. The number of aromatic amines is 2. The molecule has 0 radical (unpaired) electrons. The first-order valence-electron chi connectivity index (χ1n) is 11.2. The zero-order valence-corrected chi connectivity index (χ0v) is 20.2. The predicted molar refractivity (Wildman–Crippen MR) is 138 cm³/mol. The summed E-state index contributed by atoms with van der Waals surface area (Å²) in [4.78, 5) is 38.9. The molecular weight excluding hydrogens is 482 g/mol. The lowest BCUT2D eigenvalue weighted by Gasteiger charge is -2.33. The second-order valence-electron chi connectivity index (χ2n) is 8.35. The number of H-pyrrole nitrogens is 2. The molecule has 1 amide bonds. The van der Waals surface area contributed by atoms with Crippen molar-refractivity contribution in [1.29, 1.82) is 0 Å². The van der Waals surface area contributed by atoms with Gasteiger partial charge >= 0.3 is 0 Å². The molecule has 0 aliphatic carbocycles. The summed E-state index contributed by atoms with van der Waals surface area (Å²) in [5.41, 5.74) is 3.54. The Bertz CT molecular complexity index is 1630. The zero-order valence-electron chi connectivity index (χ0n) is 18.6. The average Bonchev–Trinajstić information content (AvgIpc) is 3.53. The monoisotopic (exact) mass is 503 g/mol. The Morgan fingerprint density at radius 1 is 0.943 bits per heavy atom. The highest BCUT2D eigenvalue weighted by atomic mass is 32.2. The van der Waals surface area contributed by atoms with Crippen LogP contribution in [-0.2, 0) is 11.0 Å². The van der Waals surface area contributed by atoms with Crippen molar-refractivity contribution in [2.24, 2.45) is 0 Å². The van der Waals surface area contributed by atoms with Gasteiger partial charge < -0.3 is 14.9 Å². The Labute approximate surface area is 206 Å². The van der Waals surface area contributed by atoms with Crippen molar-refractivity contribution in [3.8, 4) is 11.4 Å². The minimum Gasteiger partial charge on any atom is -0.353 e. The van der Waals surface area contributed by atoms with Crippen LogP contribution in [0.15, 0.2) is 75.0 Å². The summed E-state index contributed by atoms with van der Waals surface area (Å²) in [6.45, 7) is 2.11. The van der Waals surface area contributed by atoms with Crippen LogP contribution in [-0.4, -0.2) is 60.5 Å². The van der Waals surface area contributed by atoms with Gasteiger partial charge in [0.2, 0.25) is 0 Å². The third-order valence-electron chi connectivity index (χ3n) is 6.17. The van der Waals surface area contributed by atoms with E-state index in [-0.39, 0.29) is 11.5 Å². The van der Waals surface area contributed by atoms with E-state index >= 15 is 0 Å². The molecule has 6 rings (SSSR count). The van der Waals surface area contributed by atoms with Crippen LogP contribution in [0.5, 0.6) is 0 Å². The number of hydrogen-bond acceptors (Lipinski definition) is 5. The Balaban J connectivity index is 1.20. The lowest BCUT2D eigenvalue weighted by atomic mass is 10.1. The van der Waals surface area contributed by atoms with Crippen molar-refractivity contribution >= 4 is 50.2 Å². The van der Waals surface area contributed by atoms with Gasteiger partial charge in [0.25, 0.3) is 11.5 Å². The third-order valence-corrected chi connectivity index (χ3v) is 8.41. The van der Waals surface area contributed by atoms with Crippen molar-refractivity contribution in [3.05, 3.63) is 81.3 Å². The van der Waals surface area contributed by atoms with Crippen LogP contribution in [0.4, 0.5) is 0 Å². The fourth-order valence-electron chi connectivity index (χ4n) is 4.32. The van der Waals surface area contributed by atoms with Crippen LogP contribution in [0.2, 0.25) is 0 Å². The summed E-state index contributed by atoms with van der Waals surface area (Å²) in [6, 6.07) is 16.7. The number of fused-ring (bicyclic) bond motifs is 2. The molecule has 3 aromatic heterocycles. The number of carbonyl (C=O) groups excluding carboxylic acids is 1. The van der Waals surface area contributed by atoms with E-state index in [0.717, 1.165) is 26.8 Å². The molecule has 2 N–H and O–H groups in total. The summed E-state index contributed by atoms with van der Waals surface area (Å²) >= 11 is 1.48. The third kappa shape index (κ3) is 4.09. The maximum Gasteiger partial charge on any atom is 0.276 e. The molecular formula is C25H21N5O3S2. The Kier molecular flexibility index (Phi) is 5.56. The molecule has 0 spiro atoms. The number of nitrogens with one attached hydrogen (secondary N) is 2. The fraction of sp³-hybridized carbons (Fsp3) is 0.160. The van der Waals surface area contributed by atoms with E-state index in [2.05, 4.69) is 15.0 Å². The van der Waals surface area contributed by atoms with Gasteiger partial charge in [-0.05, 0) is 36.4 Å². The van der Waals surface area contributed by atoms with Crippen LogP contribution in [0.25, 0.3) is 33.3 Å². The minimum atomic E-state index is -1.23. The number of rotatable bonds is 4. The molecule has 35 heavy (non-hydrogen) atoms. The fourth-order valence-corrected chi connectivity index (χ4v) is 6.20. The van der Waals surface area contributed by atoms with Crippen molar-refractivity contribution in [2.75, 3.05) is 26.2 Å². The summed E-state index contributed by atoms with van der Waals surface area (Å²) in [5.74, 6) is -0.0598. The molecule has 176 valence electrons. The largest absolute Gasteiger partial charge is 0.353 e. The lowest BCUT2D eigenvalue weighted by Crippen LogP contribution is -2.49. The molecule has 1 unspecified atom stereocenters. The molecule has 2 aromatic carbocycles. The predicted octanol–water partition coefficient (Wildman–Crippen LogP) is 3.61. The van der Waals surface area contributed by atoms with E-state index in [0.29, 0.717) is 43.1 Å². The average molecular weight is 504 g/mol. The Morgan fingerprint density at radius 3 is 2.54 bits per heavy atom. The quantitative estimate of drug-likeness (QED) is 0.391. The number of piperazine rings is 1. The van der Waals surface area contributed by atoms with Gasteiger partial charge in [-0.15, -0.1) is 11.3 Å². The Morgan fingerprint density at radius 2 is 1.74 bits per heavy atom. The summed E-state index contributed by atoms with van der Waals surface area (Å²) < 4.78 is 14.7. The van der Waals surface area contributed by atoms with Gasteiger partial charge in [0, 0.05) is 53.4 Å². The molecule has 1 aliphatic rings. The van der Waals surface area contributed by atoms with Crippen LogP contribution in [0.1, 0.15) is 10.4 Å². The standard InChI is InChI=1S/C25H21N5O3S2/c31-24-23(27-21-14-34-15-22(21)28-24)20-13-17-12-16(6-7-19(17)26-20)25(32)29-8-10-30(11-9-29)35(33)18-4-2-1-3-5-18/h1-7,12-15,26H,8-11H2,(H,28,31). The molecule has 1 atom stereocenters. The van der Waals surface area contributed by atoms with Gasteiger partial charge in [-0.3, -0.25) is 9.59 Å².